The summed E-state index contributed by atoms with van der Waals surface area (Å²) >= 11 is 0. The minimum atomic E-state index is -0.122. The summed E-state index contributed by atoms with van der Waals surface area (Å²) in [6.45, 7) is 4.65. The number of para-hydroxylation sites is 2. The molecule has 3 nitrogen and oxygen atoms in total. The minimum Gasteiger partial charge on any atom is -0.314 e. The number of aromatic nitrogens is 3. The van der Waals surface area contributed by atoms with E-state index in [0.717, 1.165) is 22.6 Å². The largest absolute Gasteiger partial charge is 3.00 e. The van der Waals surface area contributed by atoms with Gasteiger partial charge in [0, 0.05) is 6.20 Å². The van der Waals surface area contributed by atoms with Crippen molar-refractivity contribution in [3.63, 3.8) is 0 Å². The molecule has 1 aliphatic rings. The molecule has 0 fully saturated rings. The van der Waals surface area contributed by atoms with Crippen molar-refractivity contribution in [3.05, 3.63) is 157 Å². The predicted molar refractivity (Wildman–Crippen MR) is 161 cm³/mol. The number of nitrogens with zero attached hydrogens (tertiary/aromatic N) is 3. The molecule has 0 atom stereocenters. The molecule has 198 valence electrons. The number of rotatable bonds is 2. The molecule has 7 aromatic rings. The maximum Gasteiger partial charge on any atom is 3.00 e. The van der Waals surface area contributed by atoms with Gasteiger partial charge in [-0.2, -0.15) is 12.1 Å². The van der Waals surface area contributed by atoms with Crippen molar-refractivity contribution in [3.8, 4) is 22.6 Å². The Balaban J connectivity index is 0.000000196. The fourth-order valence-corrected chi connectivity index (χ4v) is 5.81. The normalized spacial score (nSPS) is 12.6. The number of imidazole rings is 1. The van der Waals surface area contributed by atoms with Crippen molar-refractivity contribution in [2.24, 2.45) is 0 Å². The van der Waals surface area contributed by atoms with Crippen LogP contribution in [0.15, 0.2) is 128 Å². The van der Waals surface area contributed by atoms with Gasteiger partial charge in [-0.1, -0.05) is 80.6 Å². The van der Waals surface area contributed by atoms with E-state index in [4.69, 9.17) is 0 Å². The van der Waals surface area contributed by atoms with Crippen molar-refractivity contribution >= 4 is 21.8 Å². The monoisotopic (exact) mass is 706 g/mol. The molecule has 3 heterocycles. The molecule has 4 heteroatoms. The van der Waals surface area contributed by atoms with Crippen molar-refractivity contribution < 1.29 is 24.7 Å². The Labute approximate surface area is 254 Å². The number of hydrogen-bond donors (Lipinski definition) is 0. The molecule has 0 unspecified atom stereocenters. The van der Waals surface area contributed by atoms with Gasteiger partial charge in [0.2, 0.25) is 0 Å². The van der Waals surface area contributed by atoms with Gasteiger partial charge in [0.1, 0.15) is 0 Å². The van der Waals surface area contributed by atoms with Crippen LogP contribution in [0, 0.1) is 18.5 Å². The van der Waals surface area contributed by atoms with Gasteiger partial charge in [-0.05, 0) is 40.6 Å². The third-order valence-electron chi connectivity index (χ3n) is 7.70. The van der Waals surface area contributed by atoms with E-state index in [1.54, 1.807) is 6.20 Å². The van der Waals surface area contributed by atoms with Crippen LogP contribution >= 0.6 is 0 Å². The zero-order chi connectivity index (χ0) is 27.1. The van der Waals surface area contributed by atoms with Gasteiger partial charge in [-0.3, -0.25) is 4.57 Å². The summed E-state index contributed by atoms with van der Waals surface area (Å²) in [5.74, 6) is 0. The van der Waals surface area contributed by atoms with E-state index in [2.05, 4.69) is 119 Å². The summed E-state index contributed by atoms with van der Waals surface area (Å²) < 4.78 is 4.36. The number of benzene rings is 5. The molecule has 0 amide bonds. The quantitative estimate of drug-likeness (QED) is 0.133. The zero-order valence-electron chi connectivity index (χ0n) is 22.8. The van der Waals surface area contributed by atoms with Gasteiger partial charge < -0.3 is 9.55 Å². The Morgan fingerprint density at radius 1 is 0.756 bits per heavy atom. The van der Waals surface area contributed by atoms with Crippen LogP contribution in [0.5, 0.6) is 0 Å². The van der Waals surface area contributed by atoms with Gasteiger partial charge in [-0.15, -0.1) is 58.3 Å². The average Bonchev–Trinajstić information content (AvgIpc) is 3.41. The first-order valence-corrected chi connectivity index (χ1v) is 13.5. The van der Waals surface area contributed by atoms with E-state index in [9.17, 15) is 0 Å². The first-order chi connectivity index (χ1) is 19.6. The fourth-order valence-electron chi connectivity index (χ4n) is 5.81. The van der Waals surface area contributed by atoms with E-state index in [1.807, 2.05) is 48.5 Å². The molecule has 0 N–H and O–H groups in total. The molecular weight excluding hydrogens is 679 g/mol. The minimum absolute atomic E-state index is 0. The van der Waals surface area contributed by atoms with Gasteiger partial charge >= 0.3 is 20.1 Å². The molecule has 5 aromatic carbocycles. The van der Waals surface area contributed by atoms with Crippen LogP contribution in [-0.2, 0) is 25.5 Å². The Morgan fingerprint density at radius 3 is 2.32 bits per heavy atom. The molecule has 2 aromatic heterocycles. The Hall–Kier alpha value is -4.37. The second kappa shape index (κ2) is 10.9. The summed E-state index contributed by atoms with van der Waals surface area (Å²) in [6.07, 6.45) is 5.40. The number of pyridine rings is 1. The number of hydrogen-bond acceptors (Lipinski definition) is 1. The molecule has 8 rings (SSSR count). The first kappa shape index (κ1) is 26.8. The Bertz CT molecular complexity index is 1920. The van der Waals surface area contributed by atoms with Crippen molar-refractivity contribution in [1.29, 1.82) is 0 Å². The van der Waals surface area contributed by atoms with Crippen LogP contribution in [0.2, 0.25) is 0 Å². The van der Waals surface area contributed by atoms with Gasteiger partial charge in [0.15, 0.2) is 0 Å². The van der Waals surface area contributed by atoms with E-state index in [1.165, 1.54) is 32.9 Å². The summed E-state index contributed by atoms with van der Waals surface area (Å²) in [6, 6.07) is 48.1. The average molecular weight is 706 g/mol. The predicted octanol–water partition coefficient (Wildman–Crippen LogP) is 7.85. The second-order valence-corrected chi connectivity index (χ2v) is 10.5. The smallest absolute Gasteiger partial charge is 0.314 e. The molecule has 41 heavy (non-hydrogen) atoms. The van der Waals surface area contributed by atoms with Crippen LogP contribution in [0.25, 0.3) is 44.4 Å². The second-order valence-electron chi connectivity index (χ2n) is 10.5. The summed E-state index contributed by atoms with van der Waals surface area (Å²) in [7, 11) is 0. The molecule has 0 bridgehead atoms. The summed E-state index contributed by atoms with van der Waals surface area (Å²) in [5.41, 5.74) is 9.14. The maximum atomic E-state index is 4.22. The molecule has 0 saturated heterocycles. The fraction of sp³-hybridized carbons (Fsp3) is 0.0811. The van der Waals surface area contributed by atoms with E-state index < -0.39 is 0 Å². The van der Waals surface area contributed by atoms with E-state index >= 15 is 0 Å². The maximum absolute atomic E-state index is 4.22. The SMILES string of the molecule is CC1(C)c2c([c-]cc3ccccc23)-[n+]2[c-]n(-c3ccccc3)c3cccc1c32.[Ir+3].[c-]1ccccc1-c1ccccn1. The van der Waals surface area contributed by atoms with Gasteiger partial charge in [-0.25, -0.2) is 0 Å². The van der Waals surface area contributed by atoms with Crippen molar-refractivity contribution in [2.45, 2.75) is 19.3 Å². The van der Waals surface area contributed by atoms with E-state index in [-0.39, 0.29) is 25.5 Å². The third-order valence-corrected chi connectivity index (χ3v) is 7.70. The van der Waals surface area contributed by atoms with Crippen LogP contribution < -0.4 is 4.57 Å². The molecule has 0 saturated carbocycles. The molecular formula is C37H27IrN3+. The van der Waals surface area contributed by atoms with Crippen LogP contribution in [0.1, 0.15) is 25.0 Å². The third kappa shape index (κ3) is 4.60. The van der Waals surface area contributed by atoms with Crippen molar-refractivity contribution in [2.75, 3.05) is 0 Å². The first-order valence-electron chi connectivity index (χ1n) is 13.5. The van der Waals surface area contributed by atoms with Crippen LogP contribution in [0.4, 0.5) is 0 Å². The standard InChI is InChI=1S/C26H19N2.C11H8N.Ir/c1-26(2)21-13-8-14-23-25(21)28(17-27(23)19-10-4-3-5-11-19)22-16-15-18-9-6-7-12-20(18)24(22)26;1-2-6-10(7-3-1)11-8-4-5-9-12-11;/h3-15H,1-2H3;1-6,8-9H;/q2*-1;+3. The van der Waals surface area contributed by atoms with Crippen molar-refractivity contribution in [1.82, 2.24) is 9.55 Å². The molecule has 1 aliphatic heterocycles. The number of fused-ring (bicyclic) bond motifs is 4. The topological polar surface area (TPSA) is 21.7 Å². The summed E-state index contributed by atoms with van der Waals surface area (Å²) in [5, 5.41) is 2.52. The van der Waals surface area contributed by atoms with E-state index in [0.29, 0.717) is 0 Å². The Morgan fingerprint density at radius 2 is 1.54 bits per heavy atom. The molecule has 0 aliphatic carbocycles. The van der Waals surface area contributed by atoms with Gasteiger partial charge in [0.05, 0.1) is 16.7 Å². The van der Waals surface area contributed by atoms with Crippen LogP contribution in [-0.4, -0.2) is 9.55 Å². The Kier molecular flexibility index (Phi) is 7.13. The van der Waals surface area contributed by atoms with Crippen LogP contribution in [0.3, 0.4) is 0 Å². The van der Waals surface area contributed by atoms with Gasteiger partial charge in [0.25, 0.3) is 6.33 Å². The molecule has 0 radical (unpaired) electrons. The summed E-state index contributed by atoms with van der Waals surface area (Å²) in [4.78, 5) is 4.22. The zero-order valence-corrected chi connectivity index (χ0v) is 25.2. The molecule has 0 spiro atoms.